The number of hydrogen-bond acceptors (Lipinski definition) is 7. The van der Waals surface area contributed by atoms with E-state index < -0.39 is 6.04 Å². The zero-order valence-corrected chi connectivity index (χ0v) is 27.5. The molecule has 2 heterocycles. The molecule has 4 atom stereocenters. The van der Waals surface area contributed by atoms with Crippen LogP contribution in [-0.4, -0.2) is 89.5 Å². The van der Waals surface area contributed by atoms with E-state index in [0.717, 1.165) is 51.5 Å². The minimum atomic E-state index is -0.431. The van der Waals surface area contributed by atoms with E-state index in [4.69, 9.17) is 9.47 Å². The van der Waals surface area contributed by atoms with Crippen LogP contribution >= 0.6 is 0 Å². The van der Waals surface area contributed by atoms with Crippen LogP contribution in [0, 0.1) is 5.92 Å². The molecular weight excluding hydrogens is 570 g/mol. The third kappa shape index (κ3) is 10.7. The zero-order valence-electron chi connectivity index (χ0n) is 27.5. The van der Waals surface area contributed by atoms with E-state index in [0.29, 0.717) is 36.7 Å². The van der Waals surface area contributed by atoms with Gasteiger partial charge in [0.15, 0.2) is 0 Å². The van der Waals surface area contributed by atoms with Crippen molar-refractivity contribution in [1.82, 2.24) is 20.1 Å². The van der Waals surface area contributed by atoms with Crippen LogP contribution < -0.4 is 15.4 Å². The van der Waals surface area contributed by atoms with E-state index in [9.17, 15) is 14.7 Å². The highest BCUT2D eigenvalue weighted by molar-refractivity contribution is 5.99. The maximum absolute atomic E-state index is 14.3. The van der Waals surface area contributed by atoms with Crippen LogP contribution in [0.25, 0.3) is 0 Å². The van der Waals surface area contributed by atoms with Crippen LogP contribution in [0.3, 0.4) is 0 Å². The molecule has 1 aromatic heterocycles. The van der Waals surface area contributed by atoms with Crippen LogP contribution in [0.4, 0.5) is 10.5 Å². The Morgan fingerprint density at radius 2 is 1.82 bits per heavy atom. The second-order valence-electron chi connectivity index (χ2n) is 13.0. The van der Waals surface area contributed by atoms with Crippen LogP contribution in [-0.2, 0) is 11.3 Å². The molecule has 2 aromatic rings. The summed E-state index contributed by atoms with van der Waals surface area (Å²) in [5.74, 6) is 0.218. The van der Waals surface area contributed by atoms with Gasteiger partial charge in [0.25, 0.3) is 5.91 Å². The topological polar surface area (TPSA) is 116 Å². The maximum Gasteiger partial charge on any atom is 0.319 e. The Morgan fingerprint density at radius 1 is 1.09 bits per heavy atom. The maximum atomic E-state index is 14.3. The van der Waals surface area contributed by atoms with Gasteiger partial charge in [0, 0.05) is 56.3 Å². The van der Waals surface area contributed by atoms with E-state index in [-0.39, 0.29) is 42.7 Å². The first-order chi connectivity index (χ1) is 21.7. The van der Waals surface area contributed by atoms with Gasteiger partial charge in [0.2, 0.25) is 0 Å². The van der Waals surface area contributed by atoms with E-state index in [2.05, 4.69) is 34.5 Å². The molecule has 0 spiro atoms. The van der Waals surface area contributed by atoms with Crippen molar-refractivity contribution in [2.24, 2.45) is 5.92 Å². The largest absolute Gasteiger partial charge is 0.490 e. The SMILES string of the molecule is C[C@@H]1CCCCO[C@@H](CN(C)Cc2ccncc2)[C@@H](C)CN([C@H](C)CO)C(=O)c2cc(NC(=O)NC3CCCCC3)ccc2O1. The lowest BCUT2D eigenvalue weighted by Gasteiger charge is -2.36. The molecule has 1 fully saturated rings. The molecule has 3 amide bonds. The minimum absolute atomic E-state index is 0.0170. The average molecular weight is 624 g/mol. The number of urea groups is 1. The Morgan fingerprint density at radius 3 is 2.56 bits per heavy atom. The normalized spacial score (nSPS) is 23.0. The van der Waals surface area contributed by atoms with Gasteiger partial charge in [-0.1, -0.05) is 26.2 Å². The number of anilines is 1. The predicted molar refractivity (Wildman–Crippen MR) is 176 cm³/mol. The zero-order chi connectivity index (χ0) is 32.2. The molecule has 0 unspecified atom stereocenters. The summed E-state index contributed by atoms with van der Waals surface area (Å²) in [7, 11) is 2.08. The van der Waals surface area contributed by atoms with Crippen LogP contribution in [0.2, 0.25) is 0 Å². The lowest BCUT2D eigenvalue weighted by atomic mass is 9.96. The number of aliphatic hydroxyl groups excluding tert-OH is 1. The number of carbonyl (C=O) groups is 2. The number of benzene rings is 1. The molecule has 1 aliphatic heterocycles. The number of aliphatic hydroxyl groups is 1. The van der Waals surface area contributed by atoms with Crippen molar-refractivity contribution in [1.29, 1.82) is 0 Å². The summed E-state index contributed by atoms with van der Waals surface area (Å²) in [5, 5.41) is 16.2. The van der Waals surface area contributed by atoms with Crippen molar-refractivity contribution in [2.45, 2.75) is 103 Å². The van der Waals surface area contributed by atoms with Crippen molar-refractivity contribution in [3.63, 3.8) is 0 Å². The number of aromatic nitrogens is 1. The van der Waals surface area contributed by atoms with Gasteiger partial charge < -0.3 is 30.1 Å². The molecule has 2 aliphatic rings. The molecule has 248 valence electrons. The first-order valence-electron chi connectivity index (χ1n) is 16.7. The summed E-state index contributed by atoms with van der Waals surface area (Å²) < 4.78 is 12.8. The number of fused-ring (bicyclic) bond motifs is 1. The smallest absolute Gasteiger partial charge is 0.319 e. The summed E-state index contributed by atoms with van der Waals surface area (Å²) >= 11 is 0. The highest BCUT2D eigenvalue weighted by atomic mass is 16.5. The lowest BCUT2D eigenvalue weighted by Crippen LogP contribution is -2.47. The molecule has 10 nitrogen and oxygen atoms in total. The van der Waals surface area contributed by atoms with Gasteiger partial charge in [0.05, 0.1) is 30.4 Å². The number of amides is 3. The number of hydrogen-bond donors (Lipinski definition) is 3. The Kier molecular flexibility index (Phi) is 13.5. The number of likely N-dealkylation sites (N-methyl/N-ethyl adjacent to an activating group) is 1. The second-order valence-corrected chi connectivity index (χ2v) is 13.0. The van der Waals surface area contributed by atoms with Gasteiger partial charge in [0.1, 0.15) is 5.75 Å². The fourth-order valence-electron chi connectivity index (χ4n) is 6.23. The third-order valence-corrected chi connectivity index (χ3v) is 8.94. The van der Waals surface area contributed by atoms with Crippen molar-refractivity contribution in [3.8, 4) is 5.75 Å². The molecule has 45 heavy (non-hydrogen) atoms. The van der Waals surface area contributed by atoms with Gasteiger partial charge in [-0.05, 0) is 88.9 Å². The number of pyridine rings is 1. The Labute approximate surface area is 268 Å². The lowest BCUT2D eigenvalue weighted by molar-refractivity contribution is -0.0177. The second kappa shape index (κ2) is 17.5. The van der Waals surface area contributed by atoms with Gasteiger partial charge >= 0.3 is 6.03 Å². The van der Waals surface area contributed by atoms with Crippen molar-refractivity contribution >= 4 is 17.6 Å². The van der Waals surface area contributed by atoms with E-state index in [1.54, 1.807) is 35.5 Å². The van der Waals surface area contributed by atoms with E-state index >= 15 is 0 Å². The molecule has 10 heteroatoms. The van der Waals surface area contributed by atoms with Gasteiger partial charge in [-0.3, -0.25) is 14.7 Å². The Balaban J connectivity index is 1.56. The molecule has 1 aliphatic carbocycles. The highest BCUT2D eigenvalue weighted by Gasteiger charge is 2.30. The monoisotopic (exact) mass is 623 g/mol. The molecule has 0 bridgehead atoms. The van der Waals surface area contributed by atoms with Crippen molar-refractivity contribution in [3.05, 3.63) is 53.9 Å². The number of carbonyl (C=O) groups excluding carboxylic acids is 2. The Hall–Kier alpha value is -3.21. The molecule has 1 aromatic carbocycles. The summed E-state index contributed by atoms with van der Waals surface area (Å²) in [6.45, 7) is 8.26. The minimum Gasteiger partial charge on any atom is -0.490 e. The predicted octanol–water partition coefficient (Wildman–Crippen LogP) is 5.46. The summed E-state index contributed by atoms with van der Waals surface area (Å²) in [6, 6.07) is 8.76. The van der Waals surface area contributed by atoms with Crippen molar-refractivity contribution < 1.29 is 24.2 Å². The van der Waals surface area contributed by atoms with Gasteiger partial charge in [-0.15, -0.1) is 0 Å². The van der Waals surface area contributed by atoms with E-state index in [1.165, 1.54) is 12.0 Å². The number of ether oxygens (including phenoxy) is 2. The van der Waals surface area contributed by atoms with Gasteiger partial charge in [-0.25, -0.2) is 4.79 Å². The standard InChI is InChI=1S/C35H53N5O5/c1-25-21-40(26(2)24-41)34(42)31-20-30(38-35(43)37-29-11-6-5-7-12-29)13-14-32(31)45-27(3)10-8-9-19-44-33(25)23-39(4)22-28-15-17-36-18-16-28/h13-18,20,25-27,29,33,41H,5-12,19,21-24H2,1-4H3,(H2,37,38,43)/t25-,26+,27+,33-/m0/s1. The molecule has 0 saturated heterocycles. The van der Waals surface area contributed by atoms with Crippen LogP contribution in [0.15, 0.2) is 42.7 Å². The fraction of sp³-hybridized carbons (Fsp3) is 0.629. The van der Waals surface area contributed by atoms with Crippen molar-refractivity contribution in [2.75, 3.05) is 38.7 Å². The van der Waals surface area contributed by atoms with Crippen LogP contribution in [0.5, 0.6) is 5.75 Å². The first-order valence-corrected chi connectivity index (χ1v) is 16.7. The quantitative estimate of drug-likeness (QED) is 0.358. The third-order valence-electron chi connectivity index (χ3n) is 8.94. The molecule has 4 rings (SSSR count). The highest BCUT2D eigenvalue weighted by Crippen LogP contribution is 2.29. The fourth-order valence-corrected chi connectivity index (χ4v) is 6.23. The summed E-state index contributed by atoms with van der Waals surface area (Å²) in [4.78, 5) is 35.3. The molecule has 0 radical (unpaired) electrons. The summed E-state index contributed by atoms with van der Waals surface area (Å²) in [6.07, 6.45) is 11.5. The number of nitrogens with one attached hydrogen (secondary N) is 2. The molecular formula is C35H53N5O5. The number of nitrogens with zero attached hydrogens (tertiary/aromatic N) is 3. The summed E-state index contributed by atoms with van der Waals surface area (Å²) in [5.41, 5.74) is 2.07. The number of rotatable bonds is 8. The Bertz CT molecular complexity index is 1210. The first kappa shape index (κ1) is 34.7. The molecule has 1 saturated carbocycles. The molecule has 3 N–H and O–H groups in total. The van der Waals surface area contributed by atoms with E-state index in [1.807, 2.05) is 26.0 Å². The van der Waals surface area contributed by atoms with Crippen LogP contribution in [0.1, 0.15) is 88.1 Å². The average Bonchev–Trinajstić information content (AvgIpc) is 3.03. The van der Waals surface area contributed by atoms with Gasteiger partial charge in [-0.2, -0.15) is 0 Å².